The number of nitriles is 3. The number of hydrogen-bond donors (Lipinski definition) is 6. The Morgan fingerprint density at radius 3 is 2.12 bits per heavy atom. The molecule has 0 bridgehead atoms. The fourth-order valence-corrected chi connectivity index (χ4v) is 1.59. The first kappa shape index (κ1) is 21.3. The van der Waals surface area contributed by atoms with Crippen molar-refractivity contribution in [2.24, 2.45) is 26.4 Å². The minimum absolute atomic E-state index is 0.000435. The first-order chi connectivity index (χ1) is 11.7. The smallest absolute Gasteiger partial charge is 0.209 e. The topological polar surface area (TPSA) is 209 Å². The van der Waals surface area contributed by atoms with Gasteiger partial charge in [0.1, 0.15) is 0 Å². The molecule has 0 amide bonds. The quantitative estimate of drug-likeness (QED) is 0.177. The number of guanidine groups is 3. The standard InChI is InChI=1S/C13H22N12/c1-9(4-19-10(17)21-6-14)24-12(23-8-16)20-5-13(2,3)25-11(18)22-7-15/h9H,4-5H2,1-3H3,(H3,17,19,21)(H3,18,22,25)(H2,20,23,24). The van der Waals surface area contributed by atoms with E-state index in [9.17, 15) is 0 Å². The SMILES string of the molecule is CC(CN/C(N)=N/C#N)NC(=NC#N)NCC(C)(C)N/C(N)=N/C#N. The van der Waals surface area contributed by atoms with Crippen molar-refractivity contribution in [1.29, 1.82) is 15.8 Å². The second kappa shape index (κ2) is 10.9. The van der Waals surface area contributed by atoms with Crippen LogP contribution in [0, 0.1) is 34.4 Å². The zero-order valence-corrected chi connectivity index (χ0v) is 14.3. The molecule has 0 spiro atoms. The van der Waals surface area contributed by atoms with Gasteiger partial charge in [-0.1, -0.05) is 0 Å². The van der Waals surface area contributed by atoms with Gasteiger partial charge in [0.15, 0.2) is 0 Å². The second-order valence-corrected chi connectivity index (χ2v) is 5.54. The number of nitrogens with two attached hydrogens (primary N) is 2. The third-order valence-electron chi connectivity index (χ3n) is 2.64. The molecule has 25 heavy (non-hydrogen) atoms. The molecule has 12 nitrogen and oxygen atoms in total. The highest BCUT2D eigenvalue weighted by Gasteiger charge is 2.19. The summed E-state index contributed by atoms with van der Waals surface area (Å²) >= 11 is 0. The van der Waals surface area contributed by atoms with E-state index < -0.39 is 5.54 Å². The molecule has 0 aromatic heterocycles. The predicted molar refractivity (Wildman–Crippen MR) is 93.3 cm³/mol. The van der Waals surface area contributed by atoms with E-state index in [1.165, 1.54) is 0 Å². The van der Waals surface area contributed by atoms with E-state index in [0.717, 1.165) is 0 Å². The minimum atomic E-state index is -0.562. The van der Waals surface area contributed by atoms with Gasteiger partial charge >= 0.3 is 0 Å². The number of nitrogens with one attached hydrogen (secondary N) is 4. The molecule has 1 atom stereocenters. The molecule has 0 radical (unpaired) electrons. The maximum Gasteiger partial charge on any atom is 0.209 e. The van der Waals surface area contributed by atoms with E-state index in [1.807, 2.05) is 20.8 Å². The molecule has 8 N–H and O–H groups in total. The van der Waals surface area contributed by atoms with E-state index in [0.29, 0.717) is 13.1 Å². The normalized spacial score (nSPS) is 13.7. The van der Waals surface area contributed by atoms with Crippen molar-refractivity contribution < 1.29 is 0 Å². The summed E-state index contributed by atoms with van der Waals surface area (Å²) in [7, 11) is 0. The Morgan fingerprint density at radius 1 is 1.00 bits per heavy atom. The highest BCUT2D eigenvalue weighted by Crippen LogP contribution is 1.99. The van der Waals surface area contributed by atoms with Crippen LogP contribution in [0.5, 0.6) is 0 Å². The number of hydrogen-bond acceptors (Lipinski definition) is 6. The van der Waals surface area contributed by atoms with Gasteiger partial charge in [0, 0.05) is 19.1 Å². The molecular formula is C13H22N12. The van der Waals surface area contributed by atoms with E-state index in [2.05, 4.69) is 36.2 Å². The van der Waals surface area contributed by atoms with Crippen LogP contribution in [0.25, 0.3) is 0 Å². The van der Waals surface area contributed by atoms with Crippen LogP contribution in [-0.4, -0.2) is 42.5 Å². The number of rotatable bonds is 6. The van der Waals surface area contributed by atoms with Gasteiger partial charge in [-0.15, -0.1) is 15.0 Å². The molecule has 0 aromatic carbocycles. The molecular weight excluding hydrogens is 324 g/mol. The Hall–Kier alpha value is -3.72. The van der Waals surface area contributed by atoms with Crippen molar-refractivity contribution in [3.8, 4) is 18.6 Å². The highest BCUT2D eigenvalue weighted by atomic mass is 15.2. The van der Waals surface area contributed by atoms with Crippen molar-refractivity contribution in [3.63, 3.8) is 0 Å². The third kappa shape index (κ3) is 10.6. The van der Waals surface area contributed by atoms with Crippen molar-refractivity contribution in [1.82, 2.24) is 21.3 Å². The average molecular weight is 346 g/mol. The molecule has 0 saturated heterocycles. The van der Waals surface area contributed by atoms with Gasteiger partial charge in [-0.3, -0.25) is 0 Å². The van der Waals surface area contributed by atoms with Gasteiger partial charge in [-0.05, 0) is 20.8 Å². The van der Waals surface area contributed by atoms with Crippen molar-refractivity contribution in [3.05, 3.63) is 0 Å². The van der Waals surface area contributed by atoms with Crippen LogP contribution in [0.2, 0.25) is 0 Å². The van der Waals surface area contributed by atoms with Crippen molar-refractivity contribution >= 4 is 17.9 Å². The van der Waals surface area contributed by atoms with Crippen LogP contribution in [0.1, 0.15) is 20.8 Å². The van der Waals surface area contributed by atoms with Crippen LogP contribution >= 0.6 is 0 Å². The van der Waals surface area contributed by atoms with Gasteiger partial charge in [-0.25, -0.2) is 0 Å². The summed E-state index contributed by atoms with van der Waals surface area (Å²) in [5.74, 6) is 0.240. The lowest BCUT2D eigenvalue weighted by Gasteiger charge is -2.28. The van der Waals surface area contributed by atoms with Crippen LogP contribution in [0.3, 0.4) is 0 Å². The minimum Gasteiger partial charge on any atom is -0.369 e. The summed E-state index contributed by atoms with van der Waals surface area (Å²) in [6.45, 7) is 6.16. The fourth-order valence-electron chi connectivity index (χ4n) is 1.59. The van der Waals surface area contributed by atoms with E-state index in [-0.39, 0.29) is 23.9 Å². The van der Waals surface area contributed by atoms with Crippen LogP contribution in [-0.2, 0) is 0 Å². The third-order valence-corrected chi connectivity index (χ3v) is 2.64. The van der Waals surface area contributed by atoms with E-state index >= 15 is 0 Å². The molecule has 0 aromatic rings. The zero-order chi connectivity index (χ0) is 19.3. The molecule has 134 valence electrons. The van der Waals surface area contributed by atoms with Gasteiger partial charge < -0.3 is 32.7 Å². The summed E-state index contributed by atoms with van der Waals surface area (Å²) in [6.07, 6.45) is 4.85. The molecule has 0 fully saturated rings. The Labute approximate surface area is 146 Å². The zero-order valence-electron chi connectivity index (χ0n) is 14.3. The second-order valence-electron chi connectivity index (χ2n) is 5.54. The number of aliphatic imine (C=N–C) groups is 3. The first-order valence-electron chi connectivity index (χ1n) is 7.17. The summed E-state index contributed by atoms with van der Waals surface area (Å²) in [5, 5.41) is 37.2. The van der Waals surface area contributed by atoms with Crippen LogP contribution in [0.15, 0.2) is 15.0 Å². The summed E-state index contributed by atoms with van der Waals surface area (Å²) in [4.78, 5) is 10.4. The largest absolute Gasteiger partial charge is 0.369 e. The van der Waals surface area contributed by atoms with Crippen molar-refractivity contribution in [2.75, 3.05) is 13.1 Å². The Kier molecular flexibility index (Phi) is 9.29. The molecule has 0 heterocycles. The lowest BCUT2D eigenvalue weighted by molar-refractivity contribution is 0.447. The monoisotopic (exact) mass is 346 g/mol. The van der Waals surface area contributed by atoms with Gasteiger partial charge in [0.25, 0.3) is 0 Å². The Bertz CT molecular complexity index is 639. The highest BCUT2D eigenvalue weighted by molar-refractivity contribution is 5.82. The molecule has 0 aliphatic rings. The lowest BCUT2D eigenvalue weighted by Crippen LogP contribution is -2.56. The maximum atomic E-state index is 8.78. The molecule has 0 rings (SSSR count). The summed E-state index contributed by atoms with van der Waals surface area (Å²) < 4.78 is 0. The molecule has 0 aliphatic heterocycles. The average Bonchev–Trinajstić information content (AvgIpc) is 2.51. The number of nitrogens with zero attached hydrogens (tertiary/aromatic N) is 6. The molecule has 12 heteroatoms. The van der Waals surface area contributed by atoms with Crippen LogP contribution in [0.4, 0.5) is 0 Å². The Balaban J connectivity index is 4.63. The molecule has 0 aliphatic carbocycles. The van der Waals surface area contributed by atoms with Gasteiger partial charge in [0.2, 0.25) is 36.5 Å². The fraction of sp³-hybridized carbons (Fsp3) is 0.538. The predicted octanol–water partition coefficient (Wildman–Crippen LogP) is -2.06. The van der Waals surface area contributed by atoms with Crippen LogP contribution < -0.4 is 32.7 Å². The first-order valence-corrected chi connectivity index (χ1v) is 7.17. The maximum absolute atomic E-state index is 8.78. The summed E-state index contributed by atoms with van der Waals surface area (Å²) in [6, 6.07) is -0.173. The van der Waals surface area contributed by atoms with Gasteiger partial charge in [0.05, 0.1) is 5.54 Å². The van der Waals surface area contributed by atoms with Gasteiger partial charge in [-0.2, -0.15) is 15.8 Å². The molecule has 0 saturated carbocycles. The summed E-state index contributed by atoms with van der Waals surface area (Å²) in [5.41, 5.74) is 10.4. The lowest BCUT2D eigenvalue weighted by atomic mass is 10.1. The Morgan fingerprint density at radius 2 is 1.56 bits per heavy atom. The van der Waals surface area contributed by atoms with E-state index in [4.69, 9.17) is 27.3 Å². The molecule has 1 unspecified atom stereocenters. The van der Waals surface area contributed by atoms with E-state index in [1.54, 1.807) is 18.6 Å². The van der Waals surface area contributed by atoms with Crippen molar-refractivity contribution in [2.45, 2.75) is 32.4 Å².